The topological polar surface area (TPSA) is 6.48 Å². The van der Waals surface area contributed by atoms with Crippen LogP contribution in [0.25, 0.3) is 43.8 Å². The number of hydrogen-bond donors (Lipinski definition) is 0. The Morgan fingerprint density at radius 3 is 1.09 bits per heavy atom. The normalized spacial score (nSPS) is 26.1. The van der Waals surface area contributed by atoms with Gasteiger partial charge in [0.05, 0.1) is 11.1 Å². The van der Waals surface area contributed by atoms with Crippen molar-refractivity contribution in [2.24, 2.45) is 0 Å². The molecular weight excluding hydrogens is 701 g/mol. The smallest absolute Gasteiger partial charge is 0.0518 e. The highest BCUT2D eigenvalue weighted by Crippen LogP contribution is 2.64. The molecule has 2 nitrogen and oxygen atoms in total. The second-order valence-electron chi connectivity index (χ2n) is 19.2. The van der Waals surface area contributed by atoms with Gasteiger partial charge >= 0.3 is 0 Å². The Bertz CT molecular complexity index is 2540. The Morgan fingerprint density at radius 2 is 0.724 bits per heavy atom. The zero-order valence-electron chi connectivity index (χ0n) is 35.3. The molecule has 7 aromatic carbocycles. The molecule has 0 amide bonds. The van der Waals surface area contributed by atoms with Crippen LogP contribution in [-0.4, -0.2) is 11.1 Å². The average Bonchev–Trinajstić information content (AvgIpc) is 3.59. The van der Waals surface area contributed by atoms with Crippen molar-refractivity contribution in [1.82, 2.24) is 0 Å². The van der Waals surface area contributed by atoms with Crippen molar-refractivity contribution < 1.29 is 0 Å². The van der Waals surface area contributed by atoms with E-state index in [-0.39, 0.29) is 21.9 Å². The molecule has 4 aliphatic rings. The number of anilines is 4. The van der Waals surface area contributed by atoms with Gasteiger partial charge in [0.15, 0.2) is 0 Å². The summed E-state index contributed by atoms with van der Waals surface area (Å²) in [5.41, 5.74) is 16.8. The summed E-state index contributed by atoms with van der Waals surface area (Å²) in [5.74, 6) is 0. The largest absolute Gasteiger partial charge is 0.334 e. The predicted octanol–water partition coefficient (Wildman–Crippen LogP) is 15.4. The lowest BCUT2D eigenvalue weighted by molar-refractivity contribution is 0.195. The van der Waals surface area contributed by atoms with Crippen molar-refractivity contribution >= 4 is 44.3 Å². The monoisotopic (exact) mass is 756 g/mol. The fraction of sp³-hybridized carbons (Fsp3) is 0.321. The van der Waals surface area contributed by atoms with Crippen LogP contribution in [0.4, 0.5) is 22.7 Å². The molecule has 7 aromatic rings. The first kappa shape index (κ1) is 35.8. The highest BCUT2D eigenvalue weighted by atomic mass is 15.3. The third kappa shape index (κ3) is 4.61. The lowest BCUT2D eigenvalue weighted by Gasteiger charge is -2.50. The van der Waals surface area contributed by atoms with Crippen molar-refractivity contribution in [3.63, 3.8) is 0 Å². The summed E-state index contributed by atoms with van der Waals surface area (Å²) in [6.45, 7) is 15.0. The summed E-state index contributed by atoms with van der Waals surface area (Å²) in [6.07, 6.45) is 9.92. The first-order chi connectivity index (χ1) is 28.1. The van der Waals surface area contributed by atoms with E-state index in [4.69, 9.17) is 0 Å². The van der Waals surface area contributed by atoms with Gasteiger partial charge in [0.25, 0.3) is 0 Å². The molecular formula is C56H56N2. The first-order valence-corrected chi connectivity index (χ1v) is 22.0. The van der Waals surface area contributed by atoms with Crippen molar-refractivity contribution in [1.29, 1.82) is 0 Å². The van der Waals surface area contributed by atoms with Crippen molar-refractivity contribution in [2.45, 2.75) is 115 Å². The van der Waals surface area contributed by atoms with Gasteiger partial charge in [0.2, 0.25) is 0 Å². The number of rotatable bonds is 4. The lowest BCUT2D eigenvalue weighted by Crippen LogP contribution is -2.54. The van der Waals surface area contributed by atoms with Crippen LogP contribution in [0.3, 0.4) is 0 Å². The van der Waals surface area contributed by atoms with Crippen LogP contribution in [0.5, 0.6) is 0 Å². The van der Waals surface area contributed by atoms with Crippen molar-refractivity contribution in [3.05, 3.63) is 156 Å². The van der Waals surface area contributed by atoms with E-state index < -0.39 is 0 Å². The van der Waals surface area contributed by atoms with Gasteiger partial charge < -0.3 is 9.80 Å². The highest BCUT2D eigenvalue weighted by molar-refractivity contribution is 6.21. The van der Waals surface area contributed by atoms with E-state index in [1.807, 2.05) is 0 Å². The summed E-state index contributed by atoms with van der Waals surface area (Å²) in [7, 11) is 0. The highest BCUT2D eigenvalue weighted by Gasteiger charge is 2.59. The molecule has 0 aromatic heterocycles. The number of benzene rings is 7. The Hall–Kier alpha value is -5.34. The molecule has 290 valence electrons. The summed E-state index contributed by atoms with van der Waals surface area (Å²) in [6, 6.07) is 51.2. The third-order valence-electron chi connectivity index (χ3n) is 16.3. The average molecular weight is 757 g/mol. The van der Waals surface area contributed by atoms with Crippen LogP contribution in [0, 0.1) is 13.8 Å². The van der Waals surface area contributed by atoms with E-state index in [1.54, 1.807) is 0 Å². The molecule has 0 saturated heterocycles. The molecule has 11 rings (SSSR count). The van der Waals surface area contributed by atoms with E-state index in [9.17, 15) is 0 Å². The molecule has 0 radical (unpaired) electrons. The molecule has 4 unspecified atom stereocenters. The predicted molar refractivity (Wildman–Crippen MR) is 247 cm³/mol. The van der Waals surface area contributed by atoms with Crippen LogP contribution in [0.15, 0.2) is 133 Å². The quantitative estimate of drug-likeness (QED) is 0.165. The molecule has 4 atom stereocenters. The lowest BCUT2D eigenvalue weighted by atomic mass is 9.61. The summed E-state index contributed by atoms with van der Waals surface area (Å²) in [4.78, 5) is 5.46. The molecule has 2 aliphatic heterocycles. The Labute approximate surface area is 345 Å². The van der Waals surface area contributed by atoms with Gasteiger partial charge in [0, 0.05) is 33.6 Å². The molecule has 2 aliphatic carbocycles. The maximum absolute atomic E-state index is 2.73. The molecule has 2 heteroatoms. The van der Waals surface area contributed by atoms with E-state index in [0.717, 1.165) is 0 Å². The SMILES string of the molecule is Cc1cc(-c2c3ccccc3c(-c3cc(C)c4c(c3)C3(C)CCCCC3(C)N4c3ccccc3)c3ccccc23)cc2c1N(c1ccccc1)C1(C)CCCCC21C. The second kappa shape index (κ2) is 12.6. The van der Waals surface area contributed by atoms with E-state index >= 15 is 0 Å². The standard InChI is InChI=1S/C56H56N2/c1-37-33-39(35-47-51(37)57(41-21-9-7-10-22-41)55(5)31-19-17-29-53(47,55)3)49-43-25-13-15-27-45(43)50(46-28-16-14-26-44(46)49)40-34-38(2)52-48(36-40)54(4)30-18-20-32-56(54,6)58(52)42-23-11-8-12-24-42/h7-16,21-28,33-36H,17-20,29-32H2,1-6H3. The van der Waals surface area contributed by atoms with Gasteiger partial charge in [-0.15, -0.1) is 0 Å². The first-order valence-electron chi connectivity index (χ1n) is 22.0. The number of aryl methyl sites for hydroxylation is 2. The van der Waals surface area contributed by atoms with Gasteiger partial charge in [-0.2, -0.15) is 0 Å². The third-order valence-corrected chi connectivity index (χ3v) is 16.3. The summed E-state index contributed by atoms with van der Waals surface area (Å²) >= 11 is 0. The fourth-order valence-corrected chi connectivity index (χ4v) is 13.1. The Balaban J connectivity index is 1.15. The molecule has 0 spiro atoms. The van der Waals surface area contributed by atoms with Crippen LogP contribution in [-0.2, 0) is 10.8 Å². The van der Waals surface area contributed by atoms with Gasteiger partial charge in [-0.1, -0.05) is 124 Å². The van der Waals surface area contributed by atoms with Crippen LogP contribution in [0.2, 0.25) is 0 Å². The Morgan fingerprint density at radius 1 is 0.397 bits per heavy atom. The van der Waals surface area contributed by atoms with Gasteiger partial charge in [-0.25, -0.2) is 0 Å². The van der Waals surface area contributed by atoms with Crippen LogP contribution >= 0.6 is 0 Å². The maximum Gasteiger partial charge on any atom is 0.0518 e. The molecule has 2 heterocycles. The van der Waals surface area contributed by atoms with Crippen molar-refractivity contribution in [2.75, 3.05) is 9.80 Å². The van der Waals surface area contributed by atoms with E-state index in [2.05, 4.69) is 185 Å². The van der Waals surface area contributed by atoms with Crippen LogP contribution in [0.1, 0.15) is 101 Å². The van der Waals surface area contributed by atoms with Crippen molar-refractivity contribution in [3.8, 4) is 22.3 Å². The van der Waals surface area contributed by atoms with Crippen LogP contribution < -0.4 is 9.80 Å². The molecule has 2 saturated carbocycles. The number of para-hydroxylation sites is 2. The molecule has 58 heavy (non-hydrogen) atoms. The summed E-state index contributed by atoms with van der Waals surface area (Å²) < 4.78 is 0. The van der Waals surface area contributed by atoms with E-state index in [0.29, 0.717) is 0 Å². The van der Waals surface area contributed by atoms with Gasteiger partial charge in [0.1, 0.15) is 0 Å². The number of fused-ring (bicyclic) bond motifs is 8. The zero-order valence-corrected chi connectivity index (χ0v) is 35.3. The fourth-order valence-electron chi connectivity index (χ4n) is 13.1. The minimum atomic E-state index is 0.0128. The number of nitrogens with zero attached hydrogens (tertiary/aromatic N) is 2. The minimum absolute atomic E-state index is 0.0128. The second-order valence-corrected chi connectivity index (χ2v) is 19.2. The molecule has 0 N–H and O–H groups in total. The minimum Gasteiger partial charge on any atom is -0.334 e. The zero-order chi connectivity index (χ0) is 39.6. The maximum atomic E-state index is 2.73. The summed E-state index contributed by atoms with van der Waals surface area (Å²) in [5, 5.41) is 5.34. The number of hydrogen-bond acceptors (Lipinski definition) is 2. The molecule has 0 bridgehead atoms. The van der Waals surface area contributed by atoms with Gasteiger partial charge in [-0.3, -0.25) is 0 Å². The Kier molecular flexibility index (Phi) is 7.76. The van der Waals surface area contributed by atoms with E-state index in [1.165, 1.54) is 140 Å². The van der Waals surface area contributed by atoms with Gasteiger partial charge in [-0.05, 0) is 168 Å². The molecule has 2 fully saturated rings.